The first-order valence-corrected chi connectivity index (χ1v) is 14.2. The van der Waals surface area contributed by atoms with Crippen LogP contribution in [0.5, 0.6) is 17.2 Å². The monoisotopic (exact) mass is 570 g/mol. The summed E-state index contributed by atoms with van der Waals surface area (Å²) in [6.45, 7) is 4.27. The number of aryl methyl sites for hydroxylation is 1. The number of hydrogen-bond donors (Lipinski definition) is 3. The fourth-order valence-corrected chi connectivity index (χ4v) is 5.34. The molecular weight excluding hydrogens is 540 g/mol. The molecule has 0 radical (unpaired) electrons. The molecule has 0 spiro atoms. The maximum absolute atomic E-state index is 12.6. The number of benzene rings is 2. The molecule has 3 N–H and O–H groups in total. The molecule has 4 heterocycles. The Balaban J connectivity index is 1.28. The third-order valence-corrected chi connectivity index (χ3v) is 7.57. The number of aromatic nitrogens is 5. The van der Waals surface area contributed by atoms with Gasteiger partial charge >= 0.3 is 0 Å². The zero-order valence-electron chi connectivity index (χ0n) is 22.8. The summed E-state index contributed by atoms with van der Waals surface area (Å²) in [7, 11) is 1.66. The van der Waals surface area contributed by atoms with E-state index in [0.29, 0.717) is 34.4 Å². The van der Waals surface area contributed by atoms with E-state index < -0.39 is 0 Å². The van der Waals surface area contributed by atoms with Crippen LogP contribution in [0.4, 0.5) is 10.9 Å². The fourth-order valence-electron chi connectivity index (χ4n) is 4.76. The average Bonchev–Trinajstić information content (AvgIpc) is 3.57. The van der Waals surface area contributed by atoms with Crippen molar-refractivity contribution in [1.29, 1.82) is 0 Å². The van der Waals surface area contributed by atoms with Gasteiger partial charge in [0.1, 0.15) is 27.6 Å². The number of nitrogens with zero attached hydrogens (tertiary/aromatic N) is 5. The number of anilines is 2. The summed E-state index contributed by atoms with van der Waals surface area (Å²) in [5.41, 5.74) is 2.28. The summed E-state index contributed by atoms with van der Waals surface area (Å²) in [5, 5.41) is 24.7. The lowest BCUT2D eigenvalue weighted by Gasteiger charge is -2.23. The second kappa shape index (κ2) is 11.9. The zero-order chi connectivity index (χ0) is 28.2. The summed E-state index contributed by atoms with van der Waals surface area (Å²) in [4.78, 5) is 17.3. The minimum atomic E-state index is -0.258. The third kappa shape index (κ3) is 6.13. The Morgan fingerprint density at radius 1 is 1.10 bits per heavy atom. The maximum Gasteiger partial charge on any atom is 0.257 e. The van der Waals surface area contributed by atoms with Crippen LogP contribution >= 0.6 is 11.3 Å². The van der Waals surface area contributed by atoms with Crippen molar-refractivity contribution >= 4 is 39.2 Å². The number of nitrogens with one attached hydrogen (secondary N) is 3. The van der Waals surface area contributed by atoms with Crippen molar-refractivity contribution in [2.24, 2.45) is 0 Å². The molecule has 210 valence electrons. The minimum Gasteiger partial charge on any atom is -0.497 e. The molecule has 1 saturated heterocycles. The van der Waals surface area contributed by atoms with E-state index in [1.165, 1.54) is 11.3 Å². The van der Waals surface area contributed by atoms with Crippen LogP contribution in [0.1, 0.15) is 33.8 Å². The summed E-state index contributed by atoms with van der Waals surface area (Å²) >= 11 is 1.33. The molecule has 1 aliphatic heterocycles. The van der Waals surface area contributed by atoms with E-state index in [1.807, 2.05) is 41.9 Å². The molecular formula is C29H30N8O3S. The van der Waals surface area contributed by atoms with Crippen LogP contribution in [-0.2, 0) is 6.54 Å². The van der Waals surface area contributed by atoms with Gasteiger partial charge in [-0.05, 0) is 68.3 Å². The second-order valence-corrected chi connectivity index (χ2v) is 10.9. The van der Waals surface area contributed by atoms with Gasteiger partial charge in [0, 0.05) is 30.4 Å². The Kier molecular flexibility index (Phi) is 7.74. The van der Waals surface area contributed by atoms with Crippen molar-refractivity contribution in [3.05, 3.63) is 76.9 Å². The highest BCUT2D eigenvalue weighted by molar-refractivity contribution is 7.15. The van der Waals surface area contributed by atoms with Crippen LogP contribution in [0.3, 0.4) is 0 Å². The number of amides is 1. The van der Waals surface area contributed by atoms with Gasteiger partial charge in [-0.15, -0.1) is 10.2 Å². The number of fused-ring (bicyclic) bond motifs is 1. The highest BCUT2D eigenvalue weighted by atomic mass is 32.1. The van der Waals surface area contributed by atoms with Gasteiger partial charge < -0.3 is 20.1 Å². The van der Waals surface area contributed by atoms with Gasteiger partial charge in [0.2, 0.25) is 5.13 Å². The molecule has 0 saturated carbocycles. The molecule has 11 nitrogen and oxygen atoms in total. The van der Waals surface area contributed by atoms with Gasteiger partial charge in [-0.3, -0.25) is 10.1 Å². The topological polar surface area (TPSA) is 128 Å². The summed E-state index contributed by atoms with van der Waals surface area (Å²) in [6, 6.07) is 17.0. The number of carbonyl (C=O) groups is 1. The number of carbonyl (C=O) groups excluding carboxylic acids is 1. The molecule has 0 unspecified atom stereocenters. The maximum atomic E-state index is 12.6. The Hall–Kier alpha value is -4.55. The normalized spacial score (nSPS) is 15.0. The van der Waals surface area contributed by atoms with E-state index in [2.05, 4.69) is 31.1 Å². The van der Waals surface area contributed by atoms with E-state index >= 15 is 0 Å². The molecule has 12 heteroatoms. The Morgan fingerprint density at radius 3 is 2.61 bits per heavy atom. The lowest BCUT2D eigenvalue weighted by Crippen LogP contribution is -2.38. The summed E-state index contributed by atoms with van der Waals surface area (Å²) < 4.78 is 13.6. The number of rotatable bonds is 9. The molecule has 0 aliphatic carbocycles. The first-order valence-electron chi connectivity index (χ1n) is 13.4. The first kappa shape index (κ1) is 26.7. The predicted molar refractivity (Wildman–Crippen MR) is 158 cm³/mol. The van der Waals surface area contributed by atoms with Crippen LogP contribution < -0.4 is 25.4 Å². The molecule has 1 atom stereocenters. The number of piperidine rings is 1. The molecule has 3 aromatic heterocycles. The molecule has 41 heavy (non-hydrogen) atoms. The van der Waals surface area contributed by atoms with Crippen molar-refractivity contribution < 1.29 is 14.3 Å². The first-order chi connectivity index (χ1) is 20.1. The third-order valence-electron chi connectivity index (χ3n) is 6.81. The highest BCUT2D eigenvalue weighted by Crippen LogP contribution is 2.35. The van der Waals surface area contributed by atoms with Gasteiger partial charge in [0.05, 0.1) is 13.7 Å². The largest absolute Gasteiger partial charge is 0.497 e. The van der Waals surface area contributed by atoms with Gasteiger partial charge in [0.25, 0.3) is 5.91 Å². The molecule has 1 amide bonds. The van der Waals surface area contributed by atoms with Crippen molar-refractivity contribution in [2.45, 2.75) is 32.4 Å². The SMILES string of the molecule is COc1ccc(Cn2nc(N[C@@H]3CCCNC3)c3c(Oc4ccc(C(=O)Nc5nnc(C)s5)cc4)ccnc32)cc1. The molecule has 1 aliphatic rings. The van der Waals surface area contributed by atoms with Crippen LogP contribution in [-0.4, -0.2) is 57.1 Å². The Bertz CT molecular complexity index is 1640. The van der Waals surface area contributed by atoms with Gasteiger partial charge in [0.15, 0.2) is 11.5 Å². The Labute approximate surface area is 240 Å². The average molecular weight is 571 g/mol. The molecule has 5 aromatic rings. The fraction of sp³-hybridized carbons (Fsp3) is 0.276. The van der Waals surface area contributed by atoms with E-state index in [0.717, 1.165) is 53.5 Å². The predicted octanol–water partition coefficient (Wildman–Crippen LogP) is 4.86. The van der Waals surface area contributed by atoms with Gasteiger partial charge in [-0.25, -0.2) is 9.67 Å². The van der Waals surface area contributed by atoms with Gasteiger partial charge in [-0.2, -0.15) is 5.10 Å². The van der Waals surface area contributed by atoms with Crippen LogP contribution in [0.25, 0.3) is 11.0 Å². The second-order valence-electron chi connectivity index (χ2n) is 9.76. The van der Waals surface area contributed by atoms with E-state index in [1.54, 1.807) is 37.6 Å². The summed E-state index contributed by atoms with van der Waals surface area (Å²) in [5.74, 6) is 2.50. The van der Waals surface area contributed by atoms with E-state index in [4.69, 9.17) is 14.6 Å². The minimum absolute atomic E-state index is 0.249. The smallest absolute Gasteiger partial charge is 0.257 e. The van der Waals surface area contributed by atoms with Crippen molar-refractivity contribution in [3.8, 4) is 17.2 Å². The highest BCUT2D eigenvalue weighted by Gasteiger charge is 2.21. The molecule has 0 bridgehead atoms. The number of methoxy groups -OCH3 is 1. The van der Waals surface area contributed by atoms with Crippen molar-refractivity contribution in [1.82, 2.24) is 30.3 Å². The molecule has 6 rings (SSSR count). The van der Waals surface area contributed by atoms with E-state index in [-0.39, 0.29) is 11.9 Å². The van der Waals surface area contributed by atoms with Crippen LogP contribution in [0, 0.1) is 6.92 Å². The van der Waals surface area contributed by atoms with Crippen LogP contribution in [0.15, 0.2) is 60.8 Å². The van der Waals surface area contributed by atoms with Crippen LogP contribution in [0.2, 0.25) is 0 Å². The quantitative estimate of drug-likeness (QED) is 0.228. The lowest BCUT2D eigenvalue weighted by atomic mass is 10.1. The van der Waals surface area contributed by atoms with Gasteiger partial charge in [-0.1, -0.05) is 23.5 Å². The van der Waals surface area contributed by atoms with Crippen molar-refractivity contribution in [2.75, 3.05) is 30.8 Å². The lowest BCUT2D eigenvalue weighted by molar-refractivity contribution is 0.102. The zero-order valence-corrected chi connectivity index (χ0v) is 23.6. The van der Waals surface area contributed by atoms with E-state index in [9.17, 15) is 4.79 Å². The number of ether oxygens (including phenoxy) is 2. The number of hydrogen-bond acceptors (Lipinski definition) is 10. The molecule has 1 fully saturated rings. The Morgan fingerprint density at radius 2 is 1.90 bits per heavy atom. The standard InChI is InChI=1S/C29H30N8O3S/c1-18-34-35-29(41-18)33-28(38)20-7-11-23(12-8-20)40-24-13-15-31-27-25(24)26(32-21-4-3-14-30-16-21)36-37(27)17-19-5-9-22(39-2)10-6-19/h5-13,15,21,30H,3-4,14,16-17H2,1-2H3,(H,32,36)(H,33,35,38)/t21-/m1/s1. The molecule has 2 aromatic carbocycles. The number of pyridine rings is 1. The summed E-state index contributed by atoms with van der Waals surface area (Å²) in [6.07, 6.45) is 3.88. The van der Waals surface area contributed by atoms with Crippen molar-refractivity contribution in [3.63, 3.8) is 0 Å².